The first kappa shape index (κ1) is 9.66. The van der Waals surface area contributed by atoms with E-state index in [9.17, 15) is 17.6 Å². The molecule has 0 spiro atoms. The fourth-order valence-corrected chi connectivity index (χ4v) is 1.62. The number of hydrogen-bond donors (Lipinski definition) is 1. The third kappa shape index (κ3) is 2.09. The van der Waals surface area contributed by atoms with Crippen LogP contribution in [-0.4, -0.2) is 7.04 Å². The largest absolute Gasteiger partial charge is 0.497 e. The molecule has 0 aliphatic rings. The van der Waals surface area contributed by atoms with Crippen LogP contribution in [0.2, 0.25) is 0 Å². The molecule has 0 fully saturated rings. The van der Waals surface area contributed by atoms with E-state index >= 15 is 0 Å². The standard InChI is InChI=1S/C13H9F4NO/c1-19-7-4-2-3-6(5-7)8-9(14)11(16)13(18)12(17)10(8)15/h2-5H,18H2,1H3/i1D3. The van der Waals surface area contributed by atoms with E-state index in [4.69, 9.17) is 9.85 Å². The van der Waals surface area contributed by atoms with Crippen molar-refractivity contribution in [3.8, 4) is 16.9 Å². The molecule has 0 unspecified atom stereocenters. The summed E-state index contributed by atoms with van der Waals surface area (Å²) in [6, 6.07) is 4.53. The molecule has 0 saturated carbocycles. The van der Waals surface area contributed by atoms with E-state index in [1.807, 2.05) is 0 Å². The van der Waals surface area contributed by atoms with Crippen molar-refractivity contribution < 1.29 is 26.4 Å². The van der Waals surface area contributed by atoms with Gasteiger partial charge in [0.15, 0.2) is 23.3 Å². The molecule has 0 aromatic heterocycles. The van der Waals surface area contributed by atoms with Gasteiger partial charge >= 0.3 is 0 Å². The minimum absolute atomic E-state index is 0.242. The molecule has 2 rings (SSSR count). The molecule has 0 heterocycles. The SMILES string of the molecule is [2H]C([2H])([2H])Oc1cccc(-c2c(F)c(F)c(N)c(F)c2F)c1. The second-order valence-corrected chi connectivity index (χ2v) is 3.67. The first-order valence-electron chi connectivity index (χ1n) is 6.52. The Bertz CT molecular complexity index is 705. The molecular weight excluding hydrogens is 262 g/mol. The van der Waals surface area contributed by atoms with Crippen molar-refractivity contribution in [2.24, 2.45) is 0 Å². The van der Waals surface area contributed by atoms with Crippen LogP contribution in [0.3, 0.4) is 0 Å². The fraction of sp³-hybridized carbons (Fsp3) is 0.0769. The molecular formula is C13H9F4NO. The highest BCUT2D eigenvalue weighted by Crippen LogP contribution is 2.34. The number of hydrogen-bond acceptors (Lipinski definition) is 2. The average Bonchev–Trinajstić information content (AvgIpc) is 2.42. The van der Waals surface area contributed by atoms with Crippen LogP contribution in [0.25, 0.3) is 11.1 Å². The monoisotopic (exact) mass is 274 g/mol. The molecule has 0 aliphatic carbocycles. The highest BCUT2D eigenvalue weighted by atomic mass is 19.2. The van der Waals surface area contributed by atoms with Crippen molar-refractivity contribution in [2.75, 3.05) is 12.8 Å². The third-order valence-corrected chi connectivity index (χ3v) is 2.54. The number of ether oxygens (including phenoxy) is 1. The van der Waals surface area contributed by atoms with Crippen molar-refractivity contribution in [2.45, 2.75) is 0 Å². The van der Waals surface area contributed by atoms with Crippen molar-refractivity contribution in [3.05, 3.63) is 47.5 Å². The lowest BCUT2D eigenvalue weighted by atomic mass is 10.0. The van der Waals surface area contributed by atoms with Crippen molar-refractivity contribution in [1.82, 2.24) is 0 Å². The van der Waals surface area contributed by atoms with E-state index in [-0.39, 0.29) is 11.3 Å². The second kappa shape index (κ2) is 4.79. The molecule has 2 N–H and O–H groups in total. The summed E-state index contributed by atoms with van der Waals surface area (Å²) in [4.78, 5) is 0. The summed E-state index contributed by atoms with van der Waals surface area (Å²) in [7, 11) is -2.78. The first-order chi connectivity index (χ1) is 10.1. The highest BCUT2D eigenvalue weighted by Gasteiger charge is 2.24. The third-order valence-electron chi connectivity index (χ3n) is 2.54. The first-order valence-corrected chi connectivity index (χ1v) is 5.02. The number of halogens is 4. The van der Waals surface area contributed by atoms with Gasteiger partial charge in [0.05, 0.1) is 16.7 Å². The fourth-order valence-electron chi connectivity index (χ4n) is 1.62. The summed E-state index contributed by atoms with van der Waals surface area (Å²) >= 11 is 0. The van der Waals surface area contributed by atoms with Crippen molar-refractivity contribution in [3.63, 3.8) is 0 Å². The Hall–Kier alpha value is -2.24. The molecule has 0 bridgehead atoms. The van der Waals surface area contributed by atoms with Crippen LogP contribution in [0.5, 0.6) is 5.75 Å². The minimum Gasteiger partial charge on any atom is -0.497 e. The van der Waals surface area contributed by atoms with Gasteiger partial charge in [-0.05, 0) is 17.7 Å². The molecule has 19 heavy (non-hydrogen) atoms. The summed E-state index contributed by atoms with van der Waals surface area (Å²) in [5.41, 5.74) is 2.35. The summed E-state index contributed by atoms with van der Waals surface area (Å²) in [5, 5.41) is 0. The van der Waals surface area contributed by atoms with E-state index < -0.39 is 41.6 Å². The van der Waals surface area contributed by atoms with Gasteiger partial charge in [-0.15, -0.1) is 0 Å². The van der Waals surface area contributed by atoms with Crippen LogP contribution in [0.4, 0.5) is 23.2 Å². The number of rotatable bonds is 2. The Morgan fingerprint density at radius 2 is 1.68 bits per heavy atom. The summed E-state index contributed by atoms with van der Waals surface area (Å²) < 4.78 is 80.0. The van der Waals surface area contributed by atoms with Crippen molar-refractivity contribution in [1.29, 1.82) is 0 Å². The van der Waals surface area contributed by atoms with E-state index in [2.05, 4.69) is 4.74 Å². The number of benzene rings is 2. The summed E-state index contributed by atoms with van der Waals surface area (Å²) in [6.07, 6.45) is 0. The molecule has 6 heteroatoms. The molecule has 0 saturated heterocycles. The Morgan fingerprint density at radius 1 is 1.05 bits per heavy atom. The topological polar surface area (TPSA) is 35.2 Å². The number of nitrogen functional groups attached to an aromatic ring is 1. The zero-order chi connectivity index (χ0) is 16.7. The van der Waals surface area contributed by atoms with Gasteiger partial charge in [0, 0.05) is 0 Å². The van der Waals surface area contributed by atoms with Gasteiger partial charge in [-0.2, -0.15) is 0 Å². The predicted octanol–water partition coefficient (Wildman–Crippen LogP) is 3.50. The molecule has 2 aromatic carbocycles. The van der Waals surface area contributed by atoms with E-state index in [1.165, 1.54) is 12.1 Å². The molecule has 2 nitrogen and oxygen atoms in total. The lowest BCUT2D eigenvalue weighted by Gasteiger charge is -2.10. The zero-order valence-corrected chi connectivity index (χ0v) is 9.31. The summed E-state index contributed by atoms with van der Waals surface area (Å²) in [6.45, 7) is 0. The van der Waals surface area contributed by atoms with Crippen LogP contribution in [-0.2, 0) is 0 Å². The Kier molecular flexibility index (Phi) is 2.44. The average molecular weight is 274 g/mol. The molecule has 0 atom stereocenters. The van der Waals surface area contributed by atoms with Crippen LogP contribution in [0.15, 0.2) is 24.3 Å². The molecule has 2 aromatic rings. The quantitative estimate of drug-likeness (QED) is 0.517. The van der Waals surface area contributed by atoms with Gasteiger partial charge in [0.1, 0.15) is 11.4 Å². The van der Waals surface area contributed by atoms with Crippen molar-refractivity contribution >= 4 is 5.69 Å². The van der Waals surface area contributed by atoms with Crippen LogP contribution in [0, 0.1) is 23.3 Å². The van der Waals surface area contributed by atoms with Crippen LogP contribution < -0.4 is 10.5 Å². The van der Waals surface area contributed by atoms with Gasteiger partial charge in [-0.25, -0.2) is 17.6 Å². The Balaban J connectivity index is 2.61. The van der Waals surface area contributed by atoms with Gasteiger partial charge < -0.3 is 10.5 Å². The van der Waals surface area contributed by atoms with Crippen LogP contribution >= 0.6 is 0 Å². The van der Waals surface area contributed by atoms with E-state index in [0.29, 0.717) is 0 Å². The molecule has 0 aliphatic heterocycles. The minimum atomic E-state index is -2.78. The van der Waals surface area contributed by atoms with Gasteiger partial charge in [-0.1, -0.05) is 12.1 Å². The normalized spacial score (nSPS) is 13.6. The molecule has 0 amide bonds. The van der Waals surface area contributed by atoms with Crippen LogP contribution in [0.1, 0.15) is 4.11 Å². The smallest absolute Gasteiger partial charge is 0.185 e. The Labute approximate surface area is 110 Å². The lowest BCUT2D eigenvalue weighted by molar-refractivity contribution is 0.415. The maximum Gasteiger partial charge on any atom is 0.185 e. The van der Waals surface area contributed by atoms with E-state index in [1.54, 1.807) is 0 Å². The molecule has 100 valence electrons. The van der Waals surface area contributed by atoms with Gasteiger partial charge in [0.25, 0.3) is 0 Å². The zero-order valence-electron chi connectivity index (χ0n) is 12.3. The number of anilines is 1. The van der Waals surface area contributed by atoms with Gasteiger partial charge in [0.2, 0.25) is 0 Å². The lowest BCUT2D eigenvalue weighted by Crippen LogP contribution is -2.05. The van der Waals surface area contributed by atoms with E-state index in [0.717, 1.165) is 12.1 Å². The highest BCUT2D eigenvalue weighted by molar-refractivity contribution is 5.69. The second-order valence-electron chi connectivity index (χ2n) is 3.67. The number of nitrogens with two attached hydrogens (primary N) is 1. The van der Waals surface area contributed by atoms with Gasteiger partial charge in [-0.3, -0.25) is 0 Å². The summed E-state index contributed by atoms with van der Waals surface area (Å²) in [5.74, 6) is -7.05. The maximum absolute atomic E-state index is 13.8. The number of methoxy groups -OCH3 is 1. The predicted molar refractivity (Wildman–Crippen MR) is 62.7 cm³/mol. The Morgan fingerprint density at radius 3 is 2.26 bits per heavy atom. The molecule has 0 radical (unpaired) electrons. The maximum atomic E-state index is 13.8.